The maximum Gasteiger partial charge on any atom is 0.315 e. The van der Waals surface area contributed by atoms with Gasteiger partial charge in [0.25, 0.3) is 0 Å². The van der Waals surface area contributed by atoms with E-state index < -0.39 is 10.0 Å². The first kappa shape index (κ1) is 19.6. The summed E-state index contributed by atoms with van der Waals surface area (Å²) in [6.45, 7) is 4.41. The number of nitrogens with one attached hydrogen (secondary N) is 2. The number of hydrogen-bond acceptors (Lipinski definition) is 3. The second kappa shape index (κ2) is 8.56. The minimum Gasteiger partial charge on any atom is -0.336 e. The summed E-state index contributed by atoms with van der Waals surface area (Å²) >= 11 is 0. The fraction of sp³-hybridized carbons (Fsp3) is 0.611. The molecule has 0 bridgehead atoms. The first-order chi connectivity index (χ1) is 11.8. The molecule has 0 saturated heterocycles. The maximum absolute atomic E-state index is 12.1. The Balaban J connectivity index is 1.92. The zero-order valence-corrected chi connectivity index (χ0v) is 16.2. The summed E-state index contributed by atoms with van der Waals surface area (Å²) < 4.78 is 25.6. The molecule has 0 radical (unpaired) electrons. The van der Waals surface area contributed by atoms with Gasteiger partial charge < -0.3 is 10.6 Å². The Kier molecular flexibility index (Phi) is 6.70. The van der Waals surface area contributed by atoms with Crippen molar-refractivity contribution in [3.05, 3.63) is 29.3 Å². The molecule has 0 unspecified atom stereocenters. The lowest BCUT2D eigenvalue weighted by molar-refractivity contribution is 0.233. The zero-order chi connectivity index (χ0) is 18.4. The van der Waals surface area contributed by atoms with Gasteiger partial charge in [-0.1, -0.05) is 25.3 Å². The highest BCUT2D eigenvalue weighted by atomic mass is 32.2. The van der Waals surface area contributed by atoms with E-state index in [1.54, 1.807) is 6.07 Å². The Bertz CT molecular complexity index is 698. The average molecular weight is 368 g/mol. The number of urea groups is 1. The molecule has 0 aliphatic heterocycles. The van der Waals surface area contributed by atoms with Crippen LogP contribution < -0.4 is 14.9 Å². The van der Waals surface area contributed by atoms with Gasteiger partial charge in [-0.25, -0.2) is 13.2 Å². The first-order valence-corrected chi connectivity index (χ1v) is 10.7. The Labute approximate surface area is 151 Å². The van der Waals surface area contributed by atoms with Crippen LogP contribution in [0.15, 0.2) is 18.2 Å². The van der Waals surface area contributed by atoms with Crippen molar-refractivity contribution in [2.75, 3.05) is 23.7 Å². The summed E-state index contributed by atoms with van der Waals surface area (Å²) in [7, 11) is -3.41. The van der Waals surface area contributed by atoms with Gasteiger partial charge in [0.2, 0.25) is 10.0 Å². The van der Waals surface area contributed by atoms with Crippen LogP contribution in [0.5, 0.6) is 0 Å². The molecule has 25 heavy (non-hydrogen) atoms. The fourth-order valence-corrected chi connectivity index (χ4v) is 4.04. The van der Waals surface area contributed by atoms with Gasteiger partial charge in [0.1, 0.15) is 0 Å². The van der Waals surface area contributed by atoms with Gasteiger partial charge >= 0.3 is 6.03 Å². The lowest BCUT2D eigenvalue weighted by atomic mass is 9.96. The minimum atomic E-state index is -3.41. The molecule has 1 aliphatic carbocycles. The number of hydrogen-bond donors (Lipinski definition) is 2. The van der Waals surface area contributed by atoms with Crippen molar-refractivity contribution >= 4 is 21.7 Å². The Morgan fingerprint density at radius 3 is 2.44 bits per heavy atom. The molecule has 2 rings (SSSR count). The third-order valence-corrected chi connectivity index (χ3v) is 5.91. The number of sulfonamides is 1. The van der Waals surface area contributed by atoms with Crippen LogP contribution in [-0.2, 0) is 10.0 Å². The Morgan fingerprint density at radius 1 is 1.16 bits per heavy atom. The summed E-state index contributed by atoms with van der Waals surface area (Å²) in [6, 6.07) is 5.58. The monoisotopic (exact) mass is 367 g/mol. The van der Waals surface area contributed by atoms with Crippen molar-refractivity contribution in [3.8, 4) is 0 Å². The van der Waals surface area contributed by atoms with Crippen molar-refractivity contribution < 1.29 is 13.2 Å². The Hall–Kier alpha value is -1.76. The summed E-state index contributed by atoms with van der Waals surface area (Å²) in [5.41, 5.74) is 2.77. The smallest absolute Gasteiger partial charge is 0.315 e. The highest BCUT2D eigenvalue weighted by Crippen LogP contribution is 2.21. The quantitative estimate of drug-likeness (QED) is 0.811. The van der Waals surface area contributed by atoms with Gasteiger partial charge in [-0.2, -0.15) is 0 Å². The second-order valence-corrected chi connectivity index (χ2v) is 8.75. The van der Waals surface area contributed by atoms with Gasteiger partial charge in [-0.15, -0.1) is 0 Å². The van der Waals surface area contributed by atoms with Crippen molar-refractivity contribution in [1.29, 1.82) is 0 Å². The summed E-state index contributed by atoms with van der Waals surface area (Å²) in [6.07, 6.45) is 6.76. The lowest BCUT2D eigenvalue weighted by Crippen LogP contribution is -2.45. The van der Waals surface area contributed by atoms with Crippen LogP contribution in [0.3, 0.4) is 0 Å². The van der Waals surface area contributed by atoms with Gasteiger partial charge in [0, 0.05) is 12.6 Å². The maximum atomic E-state index is 12.1. The SMILES string of the molecule is Cc1ccc(N(CCNC(=O)NC2CCCCC2)S(C)(=O)=O)cc1C. The number of aryl methyl sites for hydroxylation is 2. The van der Waals surface area contributed by atoms with Crippen molar-refractivity contribution in [3.63, 3.8) is 0 Å². The van der Waals surface area contributed by atoms with Crippen LogP contribution >= 0.6 is 0 Å². The van der Waals surface area contributed by atoms with E-state index in [0.29, 0.717) is 5.69 Å². The van der Waals surface area contributed by atoms with Crippen LogP contribution in [-0.4, -0.2) is 39.8 Å². The normalized spacial score (nSPS) is 15.6. The van der Waals surface area contributed by atoms with E-state index >= 15 is 0 Å². The van der Waals surface area contributed by atoms with E-state index in [4.69, 9.17) is 0 Å². The number of nitrogens with zero attached hydrogens (tertiary/aromatic N) is 1. The largest absolute Gasteiger partial charge is 0.336 e. The number of benzene rings is 1. The predicted molar refractivity (Wildman–Crippen MR) is 102 cm³/mol. The predicted octanol–water partition coefficient (Wildman–Crippen LogP) is 2.70. The summed E-state index contributed by atoms with van der Waals surface area (Å²) in [4.78, 5) is 12.0. The van der Waals surface area contributed by atoms with E-state index in [2.05, 4.69) is 10.6 Å². The molecule has 0 heterocycles. The van der Waals surface area contributed by atoms with Crippen molar-refractivity contribution in [1.82, 2.24) is 10.6 Å². The molecular weight excluding hydrogens is 338 g/mol. The third-order valence-electron chi connectivity index (χ3n) is 4.72. The molecule has 1 aromatic rings. The van der Waals surface area contributed by atoms with E-state index in [-0.39, 0.29) is 25.2 Å². The highest BCUT2D eigenvalue weighted by Gasteiger charge is 2.19. The van der Waals surface area contributed by atoms with E-state index in [1.807, 2.05) is 26.0 Å². The number of rotatable bonds is 6. The molecule has 1 aromatic carbocycles. The highest BCUT2D eigenvalue weighted by molar-refractivity contribution is 7.92. The standard InChI is InChI=1S/C18H29N3O3S/c1-14-9-10-17(13-15(14)2)21(25(3,23)24)12-11-19-18(22)20-16-7-5-4-6-8-16/h9-10,13,16H,4-8,11-12H2,1-3H3,(H2,19,20,22). The van der Waals surface area contributed by atoms with Gasteiger partial charge in [0.05, 0.1) is 18.5 Å². The lowest BCUT2D eigenvalue weighted by Gasteiger charge is -2.25. The Morgan fingerprint density at radius 2 is 1.84 bits per heavy atom. The minimum absolute atomic E-state index is 0.208. The second-order valence-electron chi connectivity index (χ2n) is 6.84. The molecule has 6 nitrogen and oxygen atoms in total. The van der Waals surface area contributed by atoms with Gasteiger partial charge in [-0.3, -0.25) is 4.31 Å². The molecule has 2 amide bonds. The van der Waals surface area contributed by atoms with E-state index in [0.717, 1.165) is 36.8 Å². The number of carbonyl (C=O) groups excluding carboxylic acids is 1. The number of carbonyl (C=O) groups is 1. The molecule has 1 aliphatic rings. The van der Waals surface area contributed by atoms with Crippen LogP contribution in [0, 0.1) is 13.8 Å². The van der Waals surface area contributed by atoms with Crippen molar-refractivity contribution in [2.24, 2.45) is 0 Å². The van der Waals surface area contributed by atoms with Gasteiger partial charge in [-0.05, 0) is 49.9 Å². The molecule has 2 N–H and O–H groups in total. The zero-order valence-electron chi connectivity index (χ0n) is 15.3. The van der Waals surface area contributed by atoms with E-state index in [9.17, 15) is 13.2 Å². The number of amides is 2. The van der Waals surface area contributed by atoms with Crippen LogP contribution in [0.1, 0.15) is 43.2 Å². The van der Waals surface area contributed by atoms with Gasteiger partial charge in [0.15, 0.2) is 0 Å². The third kappa shape index (κ3) is 5.92. The molecular formula is C18H29N3O3S. The molecule has 1 saturated carbocycles. The average Bonchev–Trinajstić information content (AvgIpc) is 2.54. The summed E-state index contributed by atoms with van der Waals surface area (Å²) in [5.74, 6) is 0. The molecule has 0 spiro atoms. The van der Waals surface area contributed by atoms with Crippen molar-refractivity contribution in [2.45, 2.75) is 52.0 Å². The summed E-state index contributed by atoms with van der Waals surface area (Å²) in [5, 5.41) is 5.74. The fourth-order valence-electron chi connectivity index (χ4n) is 3.12. The topological polar surface area (TPSA) is 78.5 Å². The molecule has 0 aromatic heterocycles. The number of anilines is 1. The molecule has 140 valence electrons. The van der Waals surface area contributed by atoms with Crippen LogP contribution in [0.2, 0.25) is 0 Å². The van der Waals surface area contributed by atoms with E-state index in [1.165, 1.54) is 17.0 Å². The van der Waals surface area contributed by atoms with Crippen LogP contribution in [0.4, 0.5) is 10.5 Å². The molecule has 7 heteroatoms. The molecule has 1 fully saturated rings. The van der Waals surface area contributed by atoms with Crippen LogP contribution in [0.25, 0.3) is 0 Å². The first-order valence-electron chi connectivity index (χ1n) is 8.86. The molecule has 0 atom stereocenters.